The highest BCUT2D eigenvalue weighted by Crippen LogP contribution is 2.13. The minimum atomic E-state index is -3.21. The lowest BCUT2D eigenvalue weighted by Gasteiger charge is -2.08. The van der Waals surface area contributed by atoms with E-state index < -0.39 is 10.0 Å². The first-order valence-corrected chi connectivity index (χ1v) is 8.12. The van der Waals surface area contributed by atoms with Gasteiger partial charge in [-0.3, -0.25) is 4.72 Å². The summed E-state index contributed by atoms with van der Waals surface area (Å²) in [6.07, 6.45) is 0. The van der Waals surface area contributed by atoms with Gasteiger partial charge < -0.3 is 5.32 Å². The molecule has 0 saturated heterocycles. The van der Waals surface area contributed by atoms with Crippen LogP contribution < -0.4 is 10.0 Å². The molecule has 0 amide bonds. The second-order valence-electron chi connectivity index (χ2n) is 4.42. The summed E-state index contributed by atoms with van der Waals surface area (Å²) in [5.74, 6) is 0.0737. The molecule has 0 saturated carbocycles. The SMILES string of the molecule is CCS(=O)(=O)Nc1ccc(CNc2ccccc2)cc1. The van der Waals surface area contributed by atoms with Gasteiger partial charge in [-0.2, -0.15) is 0 Å². The highest BCUT2D eigenvalue weighted by molar-refractivity contribution is 7.92. The Labute approximate surface area is 119 Å². The van der Waals surface area contributed by atoms with Gasteiger partial charge in [0.05, 0.1) is 5.75 Å². The van der Waals surface area contributed by atoms with Crippen molar-refractivity contribution in [2.45, 2.75) is 13.5 Å². The zero-order valence-electron chi connectivity index (χ0n) is 11.3. The van der Waals surface area contributed by atoms with E-state index in [1.807, 2.05) is 42.5 Å². The largest absolute Gasteiger partial charge is 0.381 e. The first-order valence-electron chi connectivity index (χ1n) is 6.47. The Morgan fingerprint density at radius 3 is 2.15 bits per heavy atom. The van der Waals surface area contributed by atoms with Crippen LogP contribution in [0.15, 0.2) is 54.6 Å². The van der Waals surface area contributed by atoms with Gasteiger partial charge in [-0.25, -0.2) is 8.42 Å². The van der Waals surface area contributed by atoms with E-state index in [2.05, 4.69) is 10.0 Å². The molecule has 0 unspecified atom stereocenters. The minimum absolute atomic E-state index is 0.0737. The molecular weight excluding hydrogens is 272 g/mol. The van der Waals surface area contributed by atoms with Gasteiger partial charge in [-0.05, 0) is 36.8 Å². The molecule has 0 aliphatic rings. The van der Waals surface area contributed by atoms with Crippen molar-refractivity contribution in [1.29, 1.82) is 0 Å². The number of hydrogen-bond acceptors (Lipinski definition) is 3. The van der Waals surface area contributed by atoms with E-state index in [1.54, 1.807) is 19.1 Å². The fourth-order valence-corrected chi connectivity index (χ4v) is 2.34. The molecule has 2 aromatic rings. The summed E-state index contributed by atoms with van der Waals surface area (Å²) >= 11 is 0. The van der Waals surface area contributed by atoms with Crippen LogP contribution in [0, 0.1) is 0 Å². The van der Waals surface area contributed by atoms with Crippen molar-refractivity contribution < 1.29 is 8.42 Å². The van der Waals surface area contributed by atoms with Crippen LogP contribution >= 0.6 is 0 Å². The third kappa shape index (κ3) is 4.28. The summed E-state index contributed by atoms with van der Waals surface area (Å²) in [6, 6.07) is 17.3. The summed E-state index contributed by atoms with van der Waals surface area (Å²) in [7, 11) is -3.21. The zero-order valence-corrected chi connectivity index (χ0v) is 12.2. The number of benzene rings is 2. The van der Waals surface area contributed by atoms with Gasteiger partial charge in [-0.1, -0.05) is 30.3 Å². The van der Waals surface area contributed by atoms with Crippen molar-refractivity contribution in [1.82, 2.24) is 0 Å². The molecule has 0 radical (unpaired) electrons. The van der Waals surface area contributed by atoms with Crippen LogP contribution in [0.1, 0.15) is 12.5 Å². The van der Waals surface area contributed by atoms with Crippen LogP contribution in [0.2, 0.25) is 0 Å². The molecule has 0 aliphatic heterocycles. The Balaban J connectivity index is 1.95. The van der Waals surface area contributed by atoms with E-state index in [0.717, 1.165) is 11.3 Å². The second-order valence-corrected chi connectivity index (χ2v) is 6.43. The number of hydrogen-bond donors (Lipinski definition) is 2. The Morgan fingerprint density at radius 1 is 0.900 bits per heavy atom. The molecular formula is C15H18N2O2S. The Morgan fingerprint density at radius 2 is 1.55 bits per heavy atom. The van der Waals surface area contributed by atoms with Gasteiger partial charge in [0.2, 0.25) is 10.0 Å². The summed E-state index contributed by atoms with van der Waals surface area (Å²) in [5.41, 5.74) is 2.74. The number of sulfonamides is 1. The topological polar surface area (TPSA) is 58.2 Å². The van der Waals surface area contributed by atoms with E-state index in [4.69, 9.17) is 0 Å². The van der Waals surface area contributed by atoms with Crippen molar-refractivity contribution in [3.63, 3.8) is 0 Å². The average molecular weight is 290 g/mol. The number of para-hydroxylation sites is 1. The monoisotopic (exact) mass is 290 g/mol. The molecule has 0 aromatic heterocycles. The zero-order chi connectivity index (χ0) is 14.4. The number of anilines is 2. The summed E-state index contributed by atoms with van der Waals surface area (Å²) in [6.45, 7) is 2.31. The smallest absolute Gasteiger partial charge is 0.232 e. The first kappa shape index (κ1) is 14.4. The fourth-order valence-electron chi connectivity index (χ4n) is 1.70. The van der Waals surface area contributed by atoms with Crippen molar-refractivity contribution in [2.75, 3.05) is 15.8 Å². The molecule has 4 nitrogen and oxygen atoms in total. The van der Waals surface area contributed by atoms with Crippen LogP contribution in [0.3, 0.4) is 0 Å². The quantitative estimate of drug-likeness (QED) is 0.859. The van der Waals surface area contributed by atoms with Crippen LogP contribution in [-0.4, -0.2) is 14.2 Å². The minimum Gasteiger partial charge on any atom is -0.381 e. The average Bonchev–Trinajstić information content (AvgIpc) is 2.47. The van der Waals surface area contributed by atoms with Crippen molar-refractivity contribution in [3.8, 4) is 0 Å². The Kier molecular flexibility index (Phi) is 4.63. The molecule has 2 N–H and O–H groups in total. The molecule has 0 heterocycles. The van der Waals surface area contributed by atoms with Crippen LogP contribution in [0.25, 0.3) is 0 Å². The number of rotatable bonds is 6. The normalized spacial score (nSPS) is 11.1. The molecule has 2 aromatic carbocycles. The molecule has 0 fully saturated rings. The highest BCUT2D eigenvalue weighted by atomic mass is 32.2. The predicted molar refractivity (Wildman–Crippen MR) is 83.3 cm³/mol. The molecule has 5 heteroatoms. The van der Waals surface area contributed by atoms with Gasteiger partial charge in [-0.15, -0.1) is 0 Å². The third-order valence-electron chi connectivity index (χ3n) is 2.88. The molecule has 20 heavy (non-hydrogen) atoms. The van der Waals surface area contributed by atoms with E-state index in [9.17, 15) is 8.42 Å². The lowest BCUT2D eigenvalue weighted by atomic mass is 10.2. The van der Waals surface area contributed by atoms with Crippen LogP contribution in [-0.2, 0) is 16.6 Å². The summed E-state index contributed by atoms with van der Waals surface area (Å²) < 4.78 is 25.4. The van der Waals surface area contributed by atoms with Gasteiger partial charge >= 0.3 is 0 Å². The highest BCUT2D eigenvalue weighted by Gasteiger charge is 2.05. The Bertz CT molecular complexity index is 637. The predicted octanol–water partition coefficient (Wildman–Crippen LogP) is 3.06. The van der Waals surface area contributed by atoms with E-state index >= 15 is 0 Å². The maximum Gasteiger partial charge on any atom is 0.232 e. The maximum atomic E-state index is 11.4. The van der Waals surface area contributed by atoms with Gasteiger partial charge in [0.1, 0.15) is 0 Å². The molecule has 106 valence electrons. The number of nitrogens with one attached hydrogen (secondary N) is 2. The van der Waals surface area contributed by atoms with Crippen molar-refractivity contribution >= 4 is 21.4 Å². The fraction of sp³-hybridized carbons (Fsp3) is 0.200. The Hall–Kier alpha value is -2.01. The lowest BCUT2D eigenvalue weighted by molar-refractivity contribution is 0.602. The first-order chi connectivity index (χ1) is 9.59. The van der Waals surface area contributed by atoms with E-state index in [0.29, 0.717) is 12.2 Å². The lowest BCUT2D eigenvalue weighted by Crippen LogP contribution is -2.14. The van der Waals surface area contributed by atoms with Gasteiger partial charge in [0, 0.05) is 17.9 Å². The summed E-state index contributed by atoms with van der Waals surface area (Å²) in [4.78, 5) is 0. The third-order valence-corrected chi connectivity index (χ3v) is 4.18. The van der Waals surface area contributed by atoms with E-state index in [1.165, 1.54) is 0 Å². The van der Waals surface area contributed by atoms with Crippen molar-refractivity contribution in [3.05, 3.63) is 60.2 Å². The molecule has 0 spiro atoms. The summed E-state index contributed by atoms with van der Waals surface area (Å²) in [5, 5.41) is 3.30. The second kappa shape index (κ2) is 6.43. The maximum absolute atomic E-state index is 11.4. The van der Waals surface area contributed by atoms with Crippen molar-refractivity contribution in [2.24, 2.45) is 0 Å². The standard InChI is InChI=1S/C15H18N2O2S/c1-2-20(18,19)17-15-10-8-13(9-11-15)12-16-14-6-4-3-5-7-14/h3-11,16-17H,2,12H2,1H3. The molecule has 0 aliphatic carbocycles. The van der Waals surface area contributed by atoms with Gasteiger partial charge in [0.15, 0.2) is 0 Å². The molecule has 2 rings (SSSR count). The van der Waals surface area contributed by atoms with Crippen LogP contribution in [0.4, 0.5) is 11.4 Å². The van der Waals surface area contributed by atoms with Crippen LogP contribution in [0.5, 0.6) is 0 Å². The van der Waals surface area contributed by atoms with Gasteiger partial charge in [0.25, 0.3) is 0 Å². The molecule has 0 atom stereocenters. The molecule has 0 bridgehead atoms. The van der Waals surface area contributed by atoms with E-state index in [-0.39, 0.29) is 5.75 Å².